The number of ketones is 1. The first-order valence-corrected chi connectivity index (χ1v) is 8.21. The van der Waals surface area contributed by atoms with Crippen molar-refractivity contribution in [1.82, 2.24) is 0 Å². The lowest BCUT2D eigenvalue weighted by atomic mass is 9.85. The van der Waals surface area contributed by atoms with Gasteiger partial charge < -0.3 is 0 Å². The van der Waals surface area contributed by atoms with Crippen molar-refractivity contribution in [1.29, 1.82) is 0 Å². The van der Waals surface area contributed by atoms with Gasteiger partial charge in [0.1, 0.15) is 0 Å². The Balaban J connectivity index is 1.88. The molecule has 1 aliphatic rings. The molecule has 0 N–H and O–H groups in total. The van der Waals surface area contributed by atoms with E-state index in [-0.39, 0.29) is 11.5 Å². The number of carbonyl (C=O) groups excluding carboxylic acids is 1. The van der Waals surface area contributed by atoms with Crippen molar-refractivity contribution in [3.63, 3.8) is 0 Å². The minimum Gasteiger partial charge on any atom is -0.289 e. The lowest BCUT2D eigenvalue weighted by molar-refractivity contribution is -0.384. The van der Waals surface area contributed by atoms with E-state index in [1.807, 2.05) is 41.8 Å². The Bertz CT molecular complexity index is 999. The van der Waals surface area contributed by atoms with Crippen molar-refractivity contribution in [3.05, 3.63) is 97.2 Å². The van der Waals surface area contributed by atoms with E-state index in [1.165, 1.54) is 23.5 Å². The molecule has 0 aliphatic heterocycles. The molecule has 5 heteroatoms. The maximum Gasteiger partial charge on any atom is 0.269 e. The van der Waals surface area contributed by atoms with E-state index >= 15 is 0 Å². The van der Waals surface area contributed by atoms with Gasteiger partial charge in [-0.05, 0) is 40.8 Å². The predicted octanol–water partition coefficient (Wildman–Crippen LogP) is 4.79. The van der Waals surface area contributed by atoms with Gasteiger partial charge in [0.2, 0.25) is 0 Å². The number of benzene rings is 2. The first-order chi connectivity index (χ1) is 11.6. The maximum absolute atomic E-state index is 12.6. The summed E-state index contributed by atoms with van der Waals surface area (Å²) >= 11 is 1.53. The highest BCUT2D eigenvalue weighted by molar-refractivity contribution is 7.11. The summed E-state index contributed by atoms with van der Waals surface area (Å²) in [5.41, 5.74) is 4.20. The number of fused-ring (bicyclic) bond motifs is 2. The molecule has 24 heavy (non-hydrogen) atoms. The number of hydrogen-bond acceptors (Lipinski definition) is 4. The minimum atomic E-state index is -0.414. The van der Waals surface area contributed by atoms with Crippen molar-refractivity contribution in [2.45, 2.75) is 0 Å². The Labute approximate surface area is 141 Å². The summed E-state index contributed by atoms with van der Waals surface area (Å²) < 4.78 is 0. The van der Waals surface area contributed by atoms with Crippen molar-refractivity contribution in [2.24, 2.45) is 0 Å². The predicted molar refractivity (Wildman–Crippen MR) is 94.3 cm³/mol. The normalized spacial score (nSPS) is 14.3. The van der Waals surface area contributed by atoms with Crippen LogP contribution >= 0.6 is 11.3 Å². The molecule has 0 spiro atoms. The van der Waals surface area contributed by atoms with Gasteiger partial charge in [0.15, 0.2) is 5.78 Å². The van der Waals surface area contributed by atoms with Gasteiger partial charge in [-0.15, -0.1) is 11.3 Å². The van der Waals surface area contributed by atoms with Crippen LogP contribution in [0.1, 0.15) is 31.9 Å². The number of hydrogen-bond donors (Lipinski definition) is 0. The summed E-state index contributed by atoms with van der Waals surface area (Å²) in [6, 6.07) is 15.8. The Morgan fingerprint density at radius 2 is 1.62 bits per heavy atom. The van der Waals surface area contributed by atoms with Crippen LogP contribution in [0, 0.1) is 10.1 Å². The lowest BCUT2D eigenvalue weighted by Crippen LogP contribution is -2.11. The van der Waals surface area contributed by atoms with Crippen LogP contribution in [0.4, 0.5) is 5.69 Å². The molecular formula is C19H11NO3S. The van der Waals surface area contributed by atoms with Gasteiger partial charge in [-0.3, -0.25) is 14.9 Å². The van der Waals surface area contributed by atoms with Gasteiger partial charge in [0.25, 0.3) is 5.69 Å². The molecule has 3 aromatic rings. The fraction of sp³-hybridized carbons (Fsp3) is 0. The Hall–Kier alpha value is -3.05. The van der Waals surface area contributed by atoms with Gasteiger partial charge in [0, 0.05) is 33.7 Å². The second-order valence-electron chi connectivity index (χ2n) is 5.44. The van der Waals surface area contributed by atoms with E-state index in [4.69, 9.17) is 0 Å². The molecule has 4 rings (SSSR count). The Morgan fingerprint density at radius 1 is 0.917 bits per heavy atom. The van der Waals surface area contributed by atoms with Gasteiger partial charge >= 0.3 is 0 Å². The molecule has 4 nitrogen and oxygen atoms in total. The highest BCUT2D eigenvalue weighted by Gasteiger charge is 2.27. The molecular weight excluding hydrogens is 322 g/mol. The molecule has 0 radical (unpaired) electrons. The summed E-state index contributed by atoms with van der Waals surface area (Å²) in [4.78, 5) is 23.9. The molecule has 0 unspecified atom stereocenters. The van der Waals surface area contributed by atoms with Gasteiger partial charge in [-0.2, -0.15) is 0 Å². The van der Waals surface area contributed by atoms with Crippen molar-refractivity contribution in [3.8, 4) is 0 Å². The summed E-state index contributed by atoms with van der Waals surface area (Å²) in [7, 11) is 0. The van der Waals surface area contributed by atoms with Crippen LogP contribution in [-0.4, -0.2) is 10.7 Å². The fourth-order valence-electron chi connectivity index (χ4n) is 2.88. The van der Waals surface area contributed by atoms with Gasteiger partial charge in [0.05, 0.1) is 4.92 Å². The average Bonchev–Trinajstić information content (AvgIpc) is 3.09. The second kappa shape index (κ2) is 5.54. The number of carbonyl (C=O) groups is 1. The summed E-state index contributed by atoms with van der Waals surface area (Å²) in [6.07, 6.45) is 1.98. The van der Waals surface area contributed by atoms with E-state index in [0.717, 1.165) is 21.6 Å². The lowest BCUT2D eigenvalue weighted by Gasteiger charge is -2.18. The van der Waals surface area contributed by atoms with Crippen LogP contribution in [0.5, 0.6) is 0 Å². The fourth-order valence-corrected chi connectivity index (χ4v) is 3.81. The van der Waals surface area contributed by atoms with E-state index in [2.05, 4.69) is 0 Å². The van der Waals surface area contributed by atoms with E-state index in [1.54, 1.807) is 12.1 Å². The molecule has 116 valence electrons. The Kier molecular flexibility index (Phi) is 3.36. The molecule has 1 aliphatic carbocycles. The summed E-state index contributed by atoms with van der Waals surface area (Å²) in [6.45, 7) is 0. The molecule has 1 heterocycles. The Morgan fingerprint density at radius 3 is 2.33 bits per heavy atom. The molecule has 0 amide bonds. The second-order valence-corrected chi connectivity index (χ2v) is 6.36. The topological polar surface area (TPSA) is 60.2 Å². The number of rotatable bonds is 2. The number of thiophene rings is 1. The standard InChI is InChI=1S/C19H11NO3S/c21-18-15-4-2-1-3-14(15)17(19-16(18)9-10-24-19)11-12-5-7-13(8-6-12)20(22)23/h1-11H/b17-11-. The number of nitrogens with zero attached hydrogens (tertiary/aromatic N) is 1. The minimum absolute atomic E-state index is 0.0442. The average molecular weight is 333 g/mol. The van der Waals surface area contributed by atoms with Gasteiger partial charge in [-0.25, -0.2) is 0 Å². The summed E-state index contributed by atoms with van der Waals surface area (Å²) in [5, 5.41) is 12.7. The quantitative estimate of drug-likeness (QED) is 0.391. The number of non-ortho nitro benzene ring substituents is 1. The van der Waals surface area contributed by atoms with Crippen LogP contribution in [0.15, 0.2) is 60.0 Å². The van der Waals surface area contributed by atoms with Gasteiger partial charge in [-0.1, -0.05) is 24.3 Å². The van der Waals surface area contributed by atoms with Crippen LogP contribution in [0.3, 0.4) is 0 Å². The first-order valence-electron chi connectivity index (χ1n) is 7.33. The largest absolute Gasteiger partial charge is 0.289 e. The highest BCUT2D eigenvalue weighted by Crippen LogP contribution is 2.40. The van der Waals surface area contributed by atoms with E-state index < -0.39 is 4.92 Å². The molecule has 0 saturated heterocycles. The molecule has 2 aromatic carbocycles. The monoisotopic (exact) mass is 333 g/mol. The zero-order valence-corrected chi connectivity index (χ0v) is 13.2. The number of nitro benzene ring substituents is 1. The third kappa shape index (κ3) is 2.26. The zero-order valence-electron chi connectivity index (χ0n) is 12.4. The van der Waals surface area contributed by atoms with Crippen LogP contribution < -0.4 is 0 Å². The van der Waals surface area contributed by atoms with Crippen molar-refractivity contribution in [2.75, 3.05) is 0 Å². The molecule has 0 atom stereocenters. The number of nitro groups is 1. The first kappa shape index (κ1) is 14.5. The molecule has 0 saturated carbocycles. The van der Waals surface area contributed by atoms with E-state index in [9.17, 15) is 14.9 Å². The van der Waals surface area contributed by atoms with Crippen molar-refractivity contribution < 1.29 is 9.72 Å². The van der Waals surface area contributed by atoms with Crippen molar-refractivity contribution >= 4 is 34.5 Å². The summed E-state index contributed by atoms with van der Waals surface area (Å²) in [5.74, 6) is 0.0442. The van der Waals surface area contributed by atoms with E-state index in [0.29, 0.717) is 11.1 Å². The van der Waals surface area contributed by atoms with Crippen LogP contribution in [0.2, 0.25) is 0 Å². The highest BCUT2D eigenvalue weighted by atomic mass is 32.1. The third-order valence-electron chi connectivity index (χ3n) is 4.03. The van der Waals surface area contributed by atoms with Crippen LogP contribution in [-0.2, 0) is 0 Å². The molecule has 0 bridgehead atoms. The molecule has 0 fully saturated rings. The molecule has 1 aromatic heterocycles. The smallest absolute Gasteiger partial charge is 0.269 e. The van der Waals surface area contributed by atoms with Crippen LogP contribution in [0.25, 0.3) is 11.6 Å². The zero-order chi connectivity index (χ0) is 16.7. The SMILES string of the molecule is O=C1c2ccccc2/C(=C/c2ccc([N+](=O)[O-])cc2)c2sccc21. The maximum atomic E-state index is 12.6. The third-order valence-corrected chi connectivity index (χ3v) is 4.98.